The number of hydrogen-bond acceptors (Lipinski definition) is 2. The van der Waals surface area contributed by atoms with Gasteiger partial charge in [0.1, 0.15) is 0 Å². The van der Waals surface area contributed by atoms with Crippen LogP contribution < -0.4 is 0 Å². The Morgan fingerprint density at radius 2 is 2.14 bits per heavy atom. The van der Waals surface area contributed by atoms with Crippen LogP contribution >= 0.6 is 0 Å². The summed E-state index contributed by atoms with van der Waals surface area (Å²) >= 11 is 0. The molecule has 1 aliphatic rings. The Kier molecular flexibility index (Phi) is 4.90. The summed E-state index contributed by atoms with van der Waals surface area (Å²) in [5, 5.41) is 9.62. The zero-order valence-corrected chi connectivity index (χ0v) is 9.87. The van der Waals surface area contributed by atoms with E-state index in [0.717, 1.165) is 18.9 Å². The first-order valence-corrected chi connectivity index (χ1v) is 6.05. The van der Waals surface area contributed by atoms with Gasteiger partial charge in [0.05, 0.1) is 6.10 Å². The first kappa shape index (κ1) is 12.0. The minimum atomic E-state index is -0.0706. The van der Waals surface area contributed by atoms with Gasteiger partial charge in [-0.1, -0.05) is 27.2 Å². The molecule has 0 amide bonds. The van der Waals surface area contributed by atoms with E-state index in [1.165, 1.54) is 25.8 Å². The van der Waals surface area contributed by atoms with E-state index in [0.29, 0.717) is 6.04 Å². The summed E-state index contributed by atoms with van der Waals surface area (Å²) in [6.45, 7) is 8.82. The molecule has 0 aromatic heterocycles. The van der Waals surface area contributed by atoms with Crippen LogP contribution in [0.5, 0.6) is 0 Å². The zero-order valence-electron chi connectivity index (χ0n) is 9.87. The van der Waals surface area contributed by atoms with Crippen LogP contribution in [0.25, 0.3) is 0 Å². The van der Waals surface area contributed by atoms with Crippen LogP contribution in [-0.4, -0.2) is 35.2 Å². The van der Waals surface area contributed by atoms with E-state index in [1.807, 2.05) is 0 Å². The highest BCUT2D eigenvalue weighted by atomic mass is 16.3. The third kappa shape index (κ3) is 3.58. The van der Waals surface area contributed by atoms with Crippen molar-refractivity contribution in [3.05, 3.63) is 0 Å². The van der Waals surface area contributed by atoms with E-state index < -0.39 is 0 Å². The summed E-state index contributed by atoms with van der Waals surface area (Å²) in [6, 6.07) is 0.647. The van der Waals surface area contributed by atoms with E-state index in [-0.39, 0.29) is 6.10 Å². The topological polar surface area (TPSA) is 23.5 Å². The van der Waals surface area contributed by atoms with Crippen LogP contribution in [0.2, 0.25) is 0 Å². The van der Waals surface area contributed by atoms with Crippen molar-refractivity contribution in [1.29, 1.82) is 0 Å². The normalized spacial score (nSPS) is 28.9. The monoisotopic (exact) mass is 199 g/mol. The van der Waals surface area contributed by atoms with Crippen molar-refractivity contribution in [3.63, 3.8) is 0 Å². The Bertz CT molecular complexity index is 158. The number of nitrogens with zero attached hydrogens (tertiary/aromatic N) is 1. The minimum absolute atomic E-state index is 0.0706. The molecule has 1 aliphatic heterocycles. The highest BCUT2D eigenvalue weighted by Crippen LogP contribution is 2.22. The average molecular weight is 199 g/mol. The number of rotatable bonds is 5. The standard InChI is InChI=1S/C12H25NO/c1-4-5-11-8-12(14)9-13(11)7-6-10(2)3/h10-12,14H,4-9H2,1-3H3/t11-,12+/m1/s1. The van der Waals surface area contributed by atoms with Crippen molar-refractivity contribution in [3.8, 4) is 0 Å². The molecule has 1 saturated heterocycles. The number of aliphatic hydroxyl groups excluding tert-OH is 1. The molecule has 0 aromatic rings. The number of likely N-dealkylation sites (tertiary alicyclic amines) is 1. The van der Waals surface area contributed by atoms with Crippen LogP contribution in [0.3, 0.4) is 0 Å². The predicted octanol–water partition coefficient (Wildman–Crippen LogP) is 2.27. The molecule has 0 bridgehead atoms. The lowest BCUT2D eigenvalue weighted by Gasteiger charge is -2.24. The Hall–Kier alpha value is -0.0800. The number of β-amino-alcohol motifs (C(OH)–C–C–N with tert-alkyl or cyclic N) is 1. The maximum absolute atomic E-state index is 9.62. The van der Waals surface area contributed by atoms with E-state index in [9.17, 15) is 5.11 Å². The molecule has 2 atom stereocenters. The van der Waals surface area contributed by atoms with Gasteiger partial charge < -0.3 is 5.11 Å². The fraction of sp³-hybridized carbons (Fsp3) is 1.00. The highest BCUT2D eigenvalue weighted by Gasteiger charge is 2.29. The second-order valence-electron chi connectivity index (χ2n) is 5.01. The van der Waals surface area contributed by atoms with Crippen molar-refractivity contribution in [2.24, 2.45) is 5.92 Å². The first-order valence-electron chi connectivity index (χ1n) is 6.05. The second-order valence-corrected chi connectivity index (χ2v) is 5.01. The number of hydrogen-bond donors (Lipinski definition) is 1. The van der Waals surface area contributed by atoms with Crippen molar-refractivity contribution in [2.75, 3.05) is 13.1 Å². The SMILES string of the molecule is CCC[C@@H]1C[C@H](O)CN1CCC(C)C. The highest BCUT2D eigenvalue weighted by molar-refractivity contribution is 4.84. The van der Waals surface area contributed by atoms with Gasteiger partial charge in [0.2, 0.25) is 0 Å². The third-order valence-corrected chi connectivity index (χ3v) is 3.12. The fourth-order valence-electron chi connectivity index (χ4n) is 2.29. The molecule has 0 aliphatic carbocycles. The summed E-state index contributed by atoms with van der Waals surface area (Å²) < 4.78 is 0. The summed E-state index contributed by atoms with van der Waals surface area (Å²) in [5.74, 6) is 0.773. The second kappa shape index (κ2) is 5.72. The van der Waals surface area contributed by atoms with Gasteiger partial charge in [-0.3, -0.25) is 4.90 Å². The lowest BCUT2D eigenvalue weighted by molar-refractivity contribution is 0.172. The third-order valence-electron chi connectivity index (χ3n) is 3.12. The molecule has 1 heterocycles. The fourth-order valence-corrected chi connectivity index (χ4v) is 2.29. The Balaban J connectivity index is 2.33. The molecule has 0 saturated carbocycles. The van der Waals surface area contributed by atoms with Gasteiger partial charge in [-0.25, -0.2) is 0 Å². The predicted molar refractivity (Wildman–Crippen MR) is 60.3 cm³/mol. The molecule has 2 heteroatoms. The maximum atomic E-state index is 9.62. The smallest absolute Gasteiger partial charge is 0.0682 e. The van der Waals surface area contributed by atoms with Gasteiger partial charge in [-0.2, -0.15) is 0 Å². The van der Waals surface area contributed by atoms with Crippen LogP contribution in [0, 0.1) is 5.92 Å². The first-order chi connectivity index (χ1) is 6.63. The molecule has 1 rings (SSSR count). The summed E-state index contributed by atoms with van der Waals surface area (Å²) in [7, 11) is 0. The molecule has 0 aromatic carbocycles. The lowest BCUT2D eigenvalue weighted by Crippen LogP contribution is -2.31. The largest absolute Gasteiger partial charge is 0.392 e. The van der Waals surface area contributed by atoms with Gasteiger partial charge in [-0.15, -0.1) is 0 Å². The Labute approximate surface area is 88.3 Å². The quantitative estimate of drug-likeness (QED) is 0.734. The zero-order chi connectivity index (χ0) is 10.6. The summed E-state index contributed by atoms with van der Waals surface area (Å²) in [5.41, 5.74) is 0. The molecule has 0 radical (unpaired) electrons. The molecule has 14 heavy (non-hydrogen) atoms. The summed E-state index contributed by atoms with van der Waals surface area (Å²) in [4.78, 5) is 2.48. The van der Waals surface area contributed by atoms with E-state index in [1.54, 1.807) is 0 Å². The van der Waals surface area contributed by atoms with Gasteiger partial charge in [0.25, 0.3) is 0 Å². The molecular weight excluding hydrogens is 174 g/mol. The van der Waals surface area contributed by atoms with Gasteiger partial charge in [0.15, 0.2) is 0 Å². The van der Waals surface area contributed by atoms with Crippen LogP contribution in [-0.2, 0) is 0 Å². The lowest BCUT2D eigenvalue weighted by atomic mass is 10.1. The minimum Gasteiger partial charge on any atom is -0.392 e. The van der Waals surface area contributed by atoms with E-state index in [2.05, 4.69) is 25.7 Å². The van der Waals surface area contributed by atoms with Gasteiger partial charge in [0, 0.05) is 12.6 Å². The molecule has 84 valence electrons. The van der Waals surface area contributed by atoms with Crippen LogP contribution in [0.15, 0.2) is 0 Å². The summed E-state index contributed by atoms with van der Waals surface area (Å²) in [6.07, 6.45) is 4.66. The van der Waals surface area contributed by atoms with E-state index >= 15 is 0 Å². The molecule has 0 unspecified atom stereocenters. The molecule has 2 nitrogen and oxygen atoms in total. The average Bonchev–Trinajstić information content (AvgIpc) is 2.44. The van der Waals surface area contributed by atoms with Crippen molar-refractivity contribution >= 4 is 0 Å². The molecule has 1 N–H and O–H groups in total. The Morgan fingerprint density at radius 3 is 2.71 bits per heavy atom. The van der Waals surface area contributed by atoms with Crippen LogP contribution in [0.1, 0.15) is 46.5 Å². The van der Waals surface area contributed by atoms with Crippen molar-refractivity contribution in [2.45, 2.75) is 58.6 Å². The van der Waals surface area contributed by atoms with Gasteiger partial charge >= 0.3 is 0 Å². The van der Waals surface area contributed by atoms with Crippen molar-refractivity contribution < 1.29 is 5.11 Å². The maximum Gasteiger partial charge on any atom is 0.0682 e. The van der Waals surface area contributed by atoms with Crippen molar-refractivity contribution in [1.82, 2.24) is 4.90 Å². The van der Waals surface area contributed by atoms with Gasteiger partial charge in [-0.05, 0) is 31.7 Å². The molecule has 0 spiro atoms. The van der Waals surface area contributed by atoms with Crippen LogP contribution in [0.4, 0.5) is 0 Å². The Morgan fingerprint density at radius 1 is 1.43 bits per heavy atom. The molecular formula is C12H25NO. The molecule has 1 fully saturated rings. The van der Waals surface area contributed by atoms with E-state index in [4.69, 9.17) is 0 Å². The number of aliphatic hydroxyl groups is 1.